The van der Waals surface area contributed by atoms with Gasteiger partial charge in [-0.2, -0.15) is 0 Å². The molecule has 0 bridgehead atoms. The van der Waals surface area contributed by atoms with Crippen LogP contribution in [0.5, 0.6) is 0 Å². The summed E-state index contributed by atoms with van der Waals surface area (Å²) >= 11 is 13.4. The molecule has 6 nitrogen and oxygen atoms in total. The van der Waals surface area contributed by atoms with Gasteiger partial charge in [-0.3, -0.25) is 0 Å². The first-order valence-corrected chi connectivity index (χ1v) is 9.44. The quantitative estimate of drug-likeness (QED) is 0.472. The molecule has 0 aliphatic carbocycles. The van der Waals surface area contributed by atoms with E-state index >= 15 is 0 Å². The van der Waals surface area contributed by atoms with Crippen molar-refractivity contribution in [2.45, 2.75) is 6.54 Å². The van der Waals surface area contributed by atoms with Gasteiger partial charge in [0.1, 0.15) is 0 Å². The van der Waals surface area contributed by atoms with Crippen molar-refractivity contribution in [3.05, 3.63) is 69.8 Å². The Bertz CT molecular complexity index is 1110. The molecular weight excluding hydrogens is 407 g/mol. The van der Waals surface area contributed by atoms with E-state index in [-0.39, 0.29) is 5.56 Å². The molecule has 2 N–H and O–H groups in total. The van der Waals surface area contributed by atoms with Crippen molar-refractivity contribution in [2.24, 2.45) is 0 Å². The van der Waals surface area contributed by atoms with Gasteiger partial charge in [0, 0.05) is 12.1 Å². The smallest absolute Gasteiger partial charge is 0.335 e. The van der Waals surface area contributed by atoms with Crippen molar-refractivity contribution < 1.29 is 9.90 Å². The van der Waals surface area contributed by atoms with Gasteiger partial charge in [-0.1, -0.05) is 52.7 Å². The lowest BCUT2D eigenvalue weighted by molar-refractivity contribution is 0.0697. The third-order valence-electron chi connectivity index (χ3n) is 3.90. The van der Waals surface area contributed by atoms with Crippen molar-refractivity contribution in [1.82, 2.24) is 14.6 Å². The second kappa shape index (κ2) is 7.19. The number of fused-ring (bicyclic) bond motifs is 1. The number of hydrogen-bond donors (Lipinski definition) is 2. The lowest BCUT2D eigenvalue weighted by Crippen LogP contribution is -1.99. The molecule has 2 aromatic carbocycles. The topological polar surface area (TPSA) is 79.5 Å². The van der Waals surface area contributed by atoms with Crippen molar-refractivity contribution in [3.8, 4) is 11.3 Å². The summed E-state index contributed by atoms with van der Waals surface area (Å²) in [6.45, 7) is 0.567. The predicted molar refractivity (Wildman–Crippen MR) is 107 cm³/mol. The Labute approximate surface area is 168 Å². The van der Waals surface area contributed by atoms with Crippen LogP contribution in [0.2, 0.25) is 10.0 Å². The molecule has 0 aliphatic rings. The summed E-state index contributed by atoms with van der Waals surface area (Å²) in [4.78, 5) is 16.2. The maximum Gasteiger partial charge on any atom is 0.335 e. The fourth-order valence-electron chi connectivity index (χ4n) is 2.52. The fourth-order valence-corrected chi connectivity index (χ4v) is 3.62. The zero-order chi connectivity index (χ0) is 19.0. The van der Waals surface area contributed by atoms with Crippen molar-refractivity contribution in [1.29, 1.82) is 0 Å². The van der Waals surface area contributed by atoms with Crippen LogP contribution in [0.15, 0.2) is 48.7 Å². The van der Waals surface area contributed by atoms with Crippen LogP contribution in [-0.4, -0.2) is 25.7 Å². The Morgan fingerprint density at radius 3 is 2.59 bits per heavy atom. The van der Waals surface area contributed by atoms with Gasteiger partial charge in [0.05, 0.1) is 27.5 Å². The van der Waals surface area contributed by atoms with Gasteiger partial charge in [-0.05, 0) is 29.8 Å². The number of anilines is 1. The van der Waals surface area contributed by atoms with Crippen molar-refractivity contribution in [3.63, 3.8) is 0 Å². The van der Waals surface area contributed by atoms with Gasteiger partial charge in [-0.15, -0.1) is 5.10 Å². The van der Waals surface area contributed by atoms with Crippen LogP contribution >= 0.6 is 34.5 Å². The first-order valence-electron chi connectivity index (χ1n) is 7.87. The Morgan fingerprint density at radius 2 is 1.93 bits per heavy atom. The number of hydrogen-bond acceptors (Lipinski definition) is 5. The number of rotatable bonds is 5. The normalized spacial score (nSPS) is 11.0. The highest BCUT2D eigenvalue weighted by molar-refractivity contribution is 7.20. The Morgan fingerprint density at radius 1 is 1.15 bits per heavy atom. The maximum atomic E-state index is 10.9. The van der Waals surface area contributed by atoms with Crippen LogP contribution in [0.4, 0.5) is 5.13 Å². The zero-order valence-electron chi connectivity index (χ0n) is 13.7. The lowest BCUT2D eigenvalue weighted by Gasteiger charge is -2.04. The molecule has 0 atom stereocenters. The number of aromatic carboxylic acids is 1. The summed E-state index contributed by atoms with van der Waals surface area (Å²) in [5.41, 5.74) is 2.81. The average molecular weight is 419 g/mol. The van der Waals surface area contributed by atoms with E-state index in [0.717, 1.165) is 26.9 Å². The molecule has 9 heteroatoms. The monoisotopic (exact) mass is 418 g/mol. The molecule has 0 spiro atoms. The van der Waals surface area contributed by atoms with Crippen LogP contribution in [0, 0.1) is 0 Å². The summed E-state index contributed by atoms with van der Waals surface area (Å²) in [5, 5.41) is 18.5. The van der Waals surface area contributed by atoms with Crippen LogP contribution in [-0.2, 0) is 6.54 Å². The summed E-state index contributed by atoms with van der Waals surface area (Å²) in [6.07, 6.45) is 1.81. The molecule has 136 valence electrons. The first kappa shape index (κ1) is 17.8. The van der Waals surface area contributed by atoms with Gasteiger partial charge in [0.15, 0.2) is 0 Å². The predicted octanol–water partition coefficient (Wildman–Crippen LogP) is 5.07. The summed E-state index contributed by atoms with van der Waals surface area (Å²) < 4.78 is 1.70. The van der Waals surface area contributed by atoms with Gasteiger partial charge >= 0.3 is 5.97 Å². The van der Waals surface area contributed by atoms with Gasteiger partial charge in [-0.25, -0.2) is 14.3 Å². The highest BCUT2D eigenvalue weighted by Gasteiger charge is 2.11. The third-order valence-corrected chi connectivity index (χ3v) is 5.52. The van der Waals surface area contributed by atoms with E-state index in [9.17, 15) is 4.79 Å². The standard InChI is InChI=1S/C18H12Cl2N4O2S/c19-13-6-1-10(7-14(13)20)8-21-17-23-24-9-15(22-18(24)27-17)11-2-4-12(5-3-11)16(25)26/h1-7,9H,8H2,(H,21,23)(H,25,26). The molecule has 0 saturated heterocycles. The second-order valence-corrected chi connectivity index (χ2v) is 7.52. The molecule has 0 saturated carbocycles. The molecule has 2 heterocycles. The lowest BCUT2D eigenvalue weighted by atomic mass is 10.1. The van der Waals surface area contributed by atoms with E-state index in [1.807, 2.05) is 18.3 Å². The molecule has 0 aliphatic heterocycles. The van der Waals surface area contributed by atoms with E-state index in [0.29, 0.717) is 16.6 Å². The largest absolute Gasteiger partial charge is 0.478 e. The Hall–Kier alpha value is -2.61. The first-order chi connectivity index (χ1) is 13.0. The minimum absolute atomic E-state index is 0.242. The van der Waals surface area contributed by atoms with Crippen LogP contribution < -0.4 is 5.32 Å². The molecule has 0 unspecified atom stereocenters. The number of halogens is 2. The second-order valence-electron chi connectivity index (χ2n) is 5.75. The number of nitrogens with zero attached hydrogens (tertiary/aromatic N) is 3. The molecule has 0 fully saturated rings. The number of aromatic nitrogens is 3. The zero-order valence-corrected chi connectivity index (χ0v) is 16.0. The highest BCUT2D eigenvalue weighted by atomic mass is 35.5. The van der Waals surface area contributed by atoms with Crippen LogP contribution in [0.3, 0.4) is 0 Å². The SMILES string of the molecule is O=C(O)c1ccc(-c2cn3nc(NCc4ccc(Cl)c(Cl)c4)sc3n2)cc1. The number of carboxylic acids is 1. The molecule has 0 amide bonds. The molecule has 0 radical (unpaired) electrons. The maximum absolute atomic E-state index is 10.9. The molecule has 4 rings (SSSR count). The van der Waals surface area contributed by atoms with Gasteiger partial charge < -0.3 is 10.4 Å². The van der Waals surface area contributed by atoms with E-state index in [1.54, 1.807) is 34.8 Å². The number of benzene rings is 2. The van der Waals surface area contributed by atoms with E-state index < -0.39 is 5.97 Å². The third kappa shape index (κ3) is 3.75. The van der Waals surface area contributed by atoms with Crippen LogP contribution in [0.25, 0.3) is 16.2 Å². The van der Waals surface area contributed by atoms with Crippen molar-refractivity contribution in [2.75, 3.05) is 5.32 Å². The highest BCUT2D eigenvalue weighted by Crippen LogP contribution is 2.26. The van der Waals surface area contributed by atoms with Gasteiger partial charge in [0.25, 0.3) is 0 Å². The van der Waals surface area contributed by atoms with E-state index in [4.69, 9.17) is 28.3 Å². The van der Waals surface area contributed by atoms with Crippen LogP contribution in [0.1, 0.15) is 15.9 Å². The number of carboxylic acid groups (broad SMARTS) is 1. The summed E-state index contributed by atoms with van der Waals surface area (Å²) in [6, 6.07) is 12.1. The molecule has 27 heavy (non-hydrogen) atoms. The average Bonchev–Trinajstić information content (AvgIpc) is 3.21. The summed E-state index contributed by atoms with van der Waals surface area (Å²) in [5.74, 6) is -0.952. The number of carbonyl (C=O) groups is 1. The Balaban J connectivity index is 1.50. The minimum atomic E-state index is -0.952. The van der Waals surface area contributed by atoms with E-state index in [2.05, 4.69) is 15.4 Å². The summed E-state index contributed by atoms with van der Waals surface area (Å²) in [7, 11) is 0. The van der Waals surface area contributed by atoms with Crippen molar-refractivity contribution >= 4 is 50.6 Å². The number of imidazole rings is 1. The molecular formula is C18H12Cl2N4O2S. The number of nitrogens with one attached hydrogen (secondary N) is 1. The minimum Gasteiger partial charge on any atom is -0.478 e. The van der Waals surface area contributed by atoms with Gasteiger partial charge in [0.2, 0.25) is 10.1 Å². The Kier molecular flexibility index (Phi) is 4.73. The fraction of sp³-hybridized carbons (Fsp3) is 0.0556. The molecule has 4 aromatic rings. The molecule has 2 aromatic heterocycles. The van der Waals surface area contributed by atoms with E-state index in [1.165, 1.54) is 11.3 Å².